The van der Waals surface area contributed by atoms with Crippen molar-refractivity contribution in [1.29, 1.82) is 10.5 Å². The normalized spacial score (nSPS) is 10.1. The first-order chi connectivity index (χ1) is 7.17. The van der Waals surface area contributed by atoms with E-state index in [-0.39, 0.29) is 10.6 Å². The van der Waals surface area contributed by atoms with E-state index in [9.17, 15) is 0 Å². The third kappa shape index (κ3) is 2.91. The lowest BCUT2D eigenvalue weighted by Crippen LogP contribution is -2.09. The summed E-state index contributed by atoms with van der Waals surface area (Å²) in [4.78, 5) is 0.0712. The molecule has 0 radical (unpaired) electrons. The molecular formula is C11H7N3S. The molecule has 4 heteroatoms. The van der Waals surface area contributed by atoms with Gasteiger partial charge in [-0.25, -0.2) is 0 Å². The molecule has 0 spiro atoms. The third-order valence-electron chi connectivity index (χ3n) is 1.74. The molecule has 2 N–H and O–H groups in total. The molecule has 0 aliphatic rings. The van der Waals surface area contributed by atoms with Crippen LogP contribution in [0.2, 0.25) is 0 Å². The molecule has 1 aromatic carbocycles. The van der Waals surface area contributed by atoms with Gasteiger partial charge in [0, 0.05) is 0 Å². The Balaban J connectivity index is 3.05. The maximum atomic E-state index is 8.72. The summed E-state index contributed by atoms with van der Waals surface area (Å²) in [6, 6.07) is 10.7. The van der Waals surface area contributed by atoms with E-state index in [2.05, 4.69) is 0 Å². The van der Waals surface area contributed by atoms with Crippen LogP contribution in [0.25, 0.3) is 6.08 Å². The van der Waals surface area contributed by atoms with Crippen molar-refractivity contribution < 1.29 is 0 Å². The van der Waals surface area contributed by atoms with E-state index < -0.39 is 0 Å². The summed E-state index contributed by atoms with van der Waals surface area (Å²) in [7, 11) is 0. The van der Waals surface area contributed by atoms with Gasteiger partial charge in [-0.15, -0.1) is 0 Å². The highest BCUT2D eigenvalue weighted by molar-refractivity contribution is 7.80. The van der Waals surface area contributed by atoms with Crippen molar-refractivity contribution in [3.8, 4) is 12.1 Å². The number of nitrogens with zero attached hydrogens (tertiary/aromatic N) is 2. The zero-order valence-corrected chi connectivity index (χ0v) is 8.58. The van der Waals surface area contributed by atoms with Crippen LogP contribution in [0.15, 0.2) is 29.8 Å². The van der Waals surface area contributed by atoms with Crippen molar-refractivity contribution in [2.24, 2.45) is 5.73 Å². The monoisotopic (exact) mass is 213 g/mol. The van der Waals surface area contributed by atoms with E-state index in [1.807, 2.05) is 12.1 Å². The summed E-state index contributed by atoms with van der Waals surface area (Å²) in [5.74, 6) is 0. The summed E-state index contributed by atoms with van der Waals surface area (Å²) in [5, 5.41) is 17.3. The van der Waals surface area contributed by atoms with Crippen molar-refractivity contribution in [2.45, 2.75) is 0 Å². The van der Waals surface area contributed by atoms with Crippen LogP contribution in [-0.4, -0.2) is 4.99 Å². The molecule has 72 valence electrons. The van der Waals surface area contributed by atoms with Crippen LogP contribution in [0.4, 0.5) is 0 Å². The van der Waals surface area contributed by atoms with Gasteiger partial charge in [-0.1, -0.05) is 24.4 Å². The topological polar surface area (TPSA) is 73.6 Å². The molecular weight excluding hydrogens is 206 g/mol. The summed E-state index contributed by atoms with van der Waals surface area (Å²) in [6.45, 7) is 0. The van der Waals surface area contributed by atoms with Crippen LogP contribution in [0.3, 0.4) is 0 Å². The second-order valence-corrected chi connectivity index (χ2v) is 3.21. The molecule has 0 saturated carbocycles. The zero-order chi connectivity index (χ0) is 11.3. The Labute approximate surface area is 93.1 Å². The fraction of sp³-hybridized carbons (Fsp3) is 0. The first-order valence-electron chi connectivity index (χ1n) is 4.09. The highest BCUT2D eigenvalue weighted by atomic mass is 32.1. The quantitative estimate of drug-likeness (QED) is 0.461. The van der Waals surface area contributed by atoms with Gasteiger partial charge in [0.25, 0.3) is 0 Å². The van der Waals surface area contributed by atoms with Crippen LogP contribution in [0.5, 0.6) is 0 Å². The molecule has 0 aromatic heterocycles. The van der Waals surface area contributed by atoms with E-state index in [0.29, 0.717) is 5.56 Å². The first-order valence-corrected chi connectivity index (χ1v) is 4.50. The molecule has 0 aliphatic carbocycles. The van der Waals surface area contributed by atoms with Gasteiger partial charge in [-0.05, 0) is 23.8 Å². The number of benzene rings is 1. The molecule has 0 fully saturated rings. The molecule has 0 saturated heterocycles. The second kappa shape index (κ2) is 4.90. The number of nitriles is 2. The molecule has 0 aliphatic heterocycles. The van der Waals surface area contributed by atoms with Crippen molar-refractivity contribution in [1.82, 2.24) is 0 Å². The molecule has 0 amide bonds. The zero-order valence-electron chi connectivity index (χ0n) is 7.77. The number of hydrogen-bond acceptors (Lipinski definition) is 3. The second-order valence-electron chi connectivity index (χ2n) is 2.77. The highest BCUT2D eigenvalue weighted by Crippen LogP contribution is 2.08. The molecule has 1 aromatic rings. The van der Waals surface area contributed by atoms with Crippen LogP contribution in [0, 0.1) is 22.7 Å². The van der Waals surface area contributed by atoms with Crippen LogP contribution in [0.1, 0.15) is 11.1 Å². The van der Waals surface area contributed by atoms with Gasteiger partial charge in [0.1, 0.15) is 11.1 Å². The number of nitrogens with two attached hydrogens (primary N) is 1. The van der Waals surface area contributed by atoms with Gasteiger partial charge < -0.3 is 5.73 Å². The fourth-order valence-electron chi connectivity index (χ4n) is 0.979. The van der Waals surface area contributed by atoms with Crippen molar-refractivity contribution in [3.05, 3.63) is 41.0 Å². The van der Waals surface area contributed by atoms with E-state index in [1.54, 1.807) is 30.3 Å². The van der Waals surface area contributed by atoms with Gasteiger partial charge in [-0.3, -0.25) is 0 Å². The van der Waals surface area contributed by atoms with Crippen molar-refractivity contribution >= 4 is 23.3 Å². The van der Waals surface area contributed by atoms with E-state index in [4.69, 9.17) is 28.5 Å². The minimum Gasteiger partial charge on any atom is -0.389 e. The van der Waals surface area contributed by atoms with Gasteiger partial charge in [-0.2, -0.15) is 10.5 Å². The maximum Gasteiger partial charge on any atom is 0.114 e. The Morgan fingerprint density at radius 2 is 1.87 bits per heavy atom. The highest BCUT2D eigenvalue weighted by Gasteiger charge is 1.99. The number of thiocarbonyl (C=S) groups is 1. The van der Waals surface area contributed by atoms with Gasteiger partial charge in [0.15, 0.2) is 0 Å². The molecule has 0 unspecified atom stereocenters. The summed E-state index contributed by atoms with van der Waals surface area (Å²) < 4.78 is 0. The van der Waals surface area contributed by atoms with Crippen LogP contribution in [-0.2, 0) is 0 Å². The average molecular weight is 213 g/mol. The molecule has 15 heavy (non-hydrogen) atoms. The summed E-state index contributed by atoms with van der Waals surface area (Å²) in [6.07, 6.45) is 1.59. The standard InChI is InChI=1S/C11H7N3S/c12-6-9-3-1-8(2-4-9)5-10(7-13)11(14)15/h1-5H,(H2,14,15). The van der Waals surface area contributed by atoms with Gasteiger partial charge in [0.05, 0.1) is 17.2 Å². The Bertz CT molecular complexity index is 486. The lowest BCUT2D eigenvalue weighted by atomic mass is 10.1. The van der Waals surface area contributed by atoms with Crippen molar-refractivity contribution in [3.63, 3.8) is 0 Å². The largest absolute Gasteiger partial charge is 0.389 e. The molecule has 3 nitrogen and oxygen atoms in total. The molecule has 0 heterocycles. The predicted octanol–water partition coefficient (Wildman–Crippen LogP) is 1.75. The number of hydrogen-bond donors (Lipinski definition) is 1. The van der Waals surface area contributed by atoms with E-state index in [0.717, 1.165) is 5.56 Å². The Kier molecular flexibility index (Phi) is 3.56. The van der Waals surface area contributed by atoms with E-state index >= 15 is 0 Å². The Hall–Kier alpha value is -2.17. The maximum absolute atomic E-state index is 8.72. The van der Waals surface area contributed by atoms with E-state index in [1.165, 1.54) is 0 Å². The summed E-state index contributed by atoms with van der Waals surface area (Å²) in [5.41, 5.74) is 6.96. The number of rotatable bonds is 2. The van der Waals surface area contributed by atoms with Crippen molar-refractivity contribution in [2.75, 3.05) is 0 Å². The average Bonchev–Trinajstić information content (AvgIpc) is 2.26. The Morgan fingerprint density at radius 3 is 2.27 bits per heavy atom. The summed E-state index contributed by atoms with van der Waals surface area (Å²) >= 11 is 4.70. The predicted molar refractivity (Wildman–Crippen MR) is 61.5 cm³/mol. The molecule has 0 atom stereocenters. The third-order valence-corrected chi connectivity index (χ3v) is 1.96. The lowest BCUT2D eigenvalue weighted by Gasteiger charge is -1.96. The minimum absolute atomic E-state index is 0.0712. The van der Waals surface area contributed by atoms with Crippen LogP contribution >= 0.6 is 12.2 Å². The molecule has 0 bridgehead atoms. The minimum atomic E-state index is 0.0712. The van der Waals surface area contributed by atoms with Gasteiger partial charge >= 0.3 is 0 Å². The van der Waals surface area contributed by atoms with Gasteiger partial charge in [0.2, 0.25) is 0 Å². The first kappa shape index (κ1) is 10.9. The SMILES string of the molecule is N#CC(=Cc1ccc(C#N)cc1)C(N)=S. The van der Waals surface area contributed by atoms with Crippen LogP contribution < -0.4 is 5.73 Å². The lowest BCUT2D eigenvalue weighted by molar-refractivity contribution is 1.48. The Morgan fingerprint density at radius 1 is 1.27 bits per heavy atom. The smallest absolute Gasteiger partial charge is 0.114 e. The molecule has 1 rings (SSSR count). The fourth-order valence-corrected chi connectivity index (χ4v) is 1.08.